The van der Waals surface area contributed by atoms with Crippen molar-refractivity contribution in [2.75, 3.05) is 25.1 Å². The maximum absolute atomic E-state index is 15.7. The summed E-state index contributed by atoms with van der Waals surface area (Å²) in [6, 6.07) is 8.09. The quantitative estimate of drug-likeness (QED) is 0.264. The van der Waals surface area contributed by atoms with E-state index >= 15 is 4.39 Å². The Morgan fingerprint density at radius 3 is 2.60 bits per heavy atom. The summed E-state index contributed by atoms with van der Waals surface area (Å²) in [5, 5.41) is 9.80. The van der Waals surface area contributed by atoms with Crippen molar-refractivity contribution in [1.29, 1.82) is 0 Å². The van der Waals surface area contributed by atoms with E-state index in [1.807, 2.05) is 0 Å². The molecular formula is C30H31F2N5O4S. The molecule has 1 saturated heterocycles. The molecule has 0 unspecified atom stereocenters. The third-order valence-electron chi connectivity index (χ3n) is 6.89. The van der Waals surface area contributed by atoms with E-state index < -0.39 is 35.3 Å². The Labute approximate surface area is 246 Å². The monoisotopic (exact) mass is 595 g/mol. The number of hydrogen-bond acceptors (Lipinski definition) is 8. The fourth-order valence-corrected chi connectivity index (χ4v) is 5.75. The molecule has 220 valence electrons. The molecule has 0 saturated carbocycles. The Balaban J connectivity index is 1.58. The number of aryl methyl sites for hydroxylation is 1. The molecule has 9 nitrogen and oxygen atoms in total. The average Bonchev–Trinajstić information content (AvgIpc) is 3.42. The number of benzene rings is 2. The predicted octanol–water partition coefficient (Wildman–Crippen LogP) is 6.39. The first-order chi connectivity index (χ1) is 19.9. The summed E-state index contributed by atoms with van der Waals surface area (Å²) in [4.78, 5) is 34.8. The highest BCUT2D eigenvalue weighted by molar-refractivity contribution is 7.16. The molecular weight excluding hydrogens is 564 g/mol. The summed E-state index contributed by atoms with van der Waals surface area (Å²) in [7, 11) is 1.47. The molecule has 0 N–H and O–H groups in total. The summed E-state index contributed by atoms with van der Waals surface area (Å²) in [6.07, 6.45) is 2.12. The number of carbonyl (C=O) groups excluding carboxylic acids is 2. The number of ether oxygens (including phenoxy) is 2. The van der Waals surface area contributed by atoms with Gasteiger partial charge in [-0.25, -0.2) is 18.6 Å². The lowest BCUT2D eigenvalue weighted by molar-refractivity contribution is 0.0196. The van der Waals surface area contributed by atoms with Gasteiger partial charge in [-0.05, 0) is 81.8 Å². The molecule has 42 heavy (non-hydrogen) atoms. The number of halogens is 2. The smallest absolute Gasteiger partial charge is 0.410 e. The zero-order valence-electron chi connectivity index (χ0n) is 24.0. The number of anilines is 1. The third kappa shape index (κ3) is 6.03. The second kappa shape index (κ2) is 11.6. The van der Waals surface area contributed by atoms with E-state index in [0.29, 0.717) is 51.5 Å². The molecule has 0 bridgehead atoms. The van der Waals surface area contributed by atoms with Crippen LogP contribution < -0.4 is 9.64 Å². The van der Waals surface area contributed by atoms with Gasteiger partial charge in [-0.2, -0.15) is 0 Å². The highest BCUT2D eigenvalue weighted by Gasteiger charge is 2.36. The zero-order valence-corrected chi connectivity index (χ0v) is 24.8. The van der Waals surface area contributed by atoms with E-state index in [4.69, 9.17) is 9.47 Å². The number of pyridine rings is 1. The summed E-state index contributed by atoms with van der Waals surface area (Å²) in [5.41, 5.74) is 0.148. The van der Waals surface area contributed by atoms with Crippen LogP contribution in [-0.4, -0.2) is 63.9 Å². The Bertz CT molecular complexity index is 1650. The highest BCUT2D eigenvalue weighted by Crippen LogP contribution is 2.34. The minimum Gasteiger partial charge on any atom is -0.472 e. The van der Waals surface area contributed by atoms with E-state index in [1.54, 1.807) is 44.7 Å². The molecule has 1 aliphatic rings. The van der Waals surface area contributed by atoms with Gasteiger partial charge in [0.15, 0.2) is 5.01 Å². The minimum absolute atomic E-state index is 0.156. The number of carbonyl (C=O) groups is 2. The topological polar surface area (TPSA) is 97.8 Å². The lowest BCUT2D eigenvalue weighted by Crippen LogP contribution is -2.53. The van der Waals surface area contributed by atoms with E-state index in [0.717, 1.165) is 11.3 Å². The molecule has 0 spiro atoms. The number of rotatable bonds is 5. The number of hydrogen-bond donors (Lipinski definition) is 0. The maximum atomic E-state index is 15.7. The van der Waals surface area contributed by atoms with Gasteiger partial charge in [0.25, 0.3) is 11.1 Å². The van der Waals surface area contributed by atoms with Gasteiger partial charge < -0.3 is 14.4 Å². The molecule has 2 aromatic heterocycles. The predicted molar refractivity (Wildman–Crippen MR) is 156 cm³/mol. The molecule has 2 amide bonds. The van der Waals surface area contributed by atoms with Crippen molar-refractivity contribution < 1.29 is 27.8 Å². The minimum atomic E-state index is -0.750. The van der Waals surface area contributed by atoms with Crippen molar-refractivity contribution in [3.8, 4) is 15.8 Å². The summed E-state index contributed by atoms with van der Waals surface area (Å²) >= 11 is 1.15. The average molecular weight is 596 g/mol. The number of amides is 2. The second-order valence-corrected chi connectivity index (χ2v) is 12.1. The molecule has 4 aromatic rings. The van der Waals surface area contributed by atoms with Crippen molar-refractivity contribution in [2.45, 2.75) is 52.2 Å². The van der Waals surface area contributed by atoms with Crippen LogP contribution in [0.4, 0.5) is 19.4 Å². The largest absolute Gasteiger partial charge is 0.472 e. The van der Waals surface area contributed by atoms with Gasteiger partial charge in [0, 0.05) is 30.2 Å². The number of methoxy groups -OCH3 is 1. The molecule has 12 heteroatoms. The third-order valence-corrected chi connectivity index (χ3v) is 7.83. The van der Waals surface area contributed by atoms with Crippen molar-refractivity contribution in [3.05, 3.63) is 65.4 Å². The first-order valence-corrected chi connectivity index (χ1v) is 14.3. The second-order valence-electron chi connectivity index (χ2n) is 11.1. The Morgan fingerprint density at radius 1 is 1.12 bits per heavy atom. The van der Waals surface area contributed by atoms with Crippen LogP contribution in [0.2, 0.25) is 0 Å². The maximum Gasteiger partial charge on any atom is 0.410 e. The van der Waals surface area contributed by atoms with E-state index in [1.165, 1.54) is 42.5 Å². The van der Waals surface area contributed by atoms with Crippen LogP contribution in [0.1, 0.15) is 49.5 Å². The summed E-state index contributed by atoms with van der Waals surface area (Å²) < 4.78 is 40.7. The van der Waals surface area contributed by atoms with Crippen LogP contribution in [-0.2, 0) is 4.74 Å². The number of likely N-dealkylation sites (tertiary alicyclic amines) is 1. The lowest BCUT2D eigenvalue weighted by Gasteiger charge is -2.39. The van der Waals surface area contributed by atoms with Crippen molar-refractivity contribution in [1.82, 2.24) is 20.1 Å². The molecule has 0 radical (unpaired) electrons. The van der Waals surface area contributed by atoms with Crippen LogP contribution in [0.5, 0.6) is 5.19 Å². The molecule has 2 aromatic carbocycles. The van der Waals surface area contributed by atoms with Gasteiger partial charge in [0.1, 0.15) is 23.1 Å². The normalized spacial score (nSPS) is 15.5. The van der Waals surface area contributed by atoms with Crippen LogP contribution in [0, 0.1) is 18.6 Å². The van der Waals surface area contributed by atoms with Gasteiger partial charge >= 0.3 is 6.09 Å². The van der Waals surface area contributed by atoms with Crippen LogP contribution >= 0.6 is 11.3 Å². The van der Waals surface area contributed by atoms with Gasteiger partial charge in [0.05, 0.1) is 18.7 Å². The summed E-state index contributed by atoms with van der Waals surface area (Å²) in [6.45, 7) is 7.70. The molecule has 1 atom stereocenters. The fourth-order valence-electron chi connectivity index (χ4n) is 5.09. The Hall–Kier alpha value is -4.19. The van der Waals surface area contributed by atoms with E-state index in [-0.39, 0.29) is 17.9 Å². The standard InChI is InChI=1S/C30H31F2N5O4S/c1-17-13-20(31)14-18-10-11-33-25(24(17)18)37(21-7-6-12-36(16-21)29(39)41-30(2,3)4)27(38)22-9-8-19(15-23(22)32)26-34-35-28(40-5)42-26/h8-11,13-15,21H,6-7,12,16H2,1-5H3/t21-/m1/s1. The lowest BCUT2D eigenvalue weighted by atomic mass is 10.00. The van der Waals surface area contributed by atoms with Crippen LogP contribution in [0.25, 0.3) is 21.3 Å². The number of fused-ring (bicyclic) bond motifs is 1. The SMILES string of the molecule is COc1nnc(-c2ccc(C(=O)N(c3nccc4cc(F)cc(C)c34)[C@@H]3CCCN(C(=O)OC(C)(C)C)C3)c(F)c2)s1. The molecule has 3 heterocycles. The van der Waals surface area contributed by atoms with Crippen molar-refractivity contribution in [2.24, 2.45) is 0 Å². The Morgan fingerprint density at radius 2 is 1.90 bits per heavy atom. The molecule has 0 aliphatic carbocycles. The van der Waals surface area contributed by atoms with Crippen LogP contribution in [0.3, 0.4) is 0 Å². The van der Waals surface area contributed by atoms with Crippen molar-refractivity contribution in [3.63, 3.8) is 0 Å². The number of aromatic nitrogens is 3. The molecule has 1 fully saturated rings. The van der Waals surface area contributed by atoms with Crippen LogP contribution in [0.15, 0.2) is 42.6 Å². The first-order valence-electron chi connectivity index (χ1n) is 13.5. The fraction of sp³-hybridized carbons (Fsp3) is 0.367. The number of piperidine rings is 1. The van der Waals surface area contributed by atoms with Gasteiger partial charge in [-0.3, -0.25) is 9.69 Å². The molecule has 5 rings (SSSR count). The van der Waals surface area contributed by atoms with E-state index in [9.17, 15) is 14.0 Å². The highest BCUT2D eigenvalue weighted by atomic mass is 32.1. The van der Waals surface area contributed by atoms with Gasteiger partial charge in [0.2, 0.25) is 0 Å². The first kappa shape index (κ1) is 29.3. The number of nitrogens with zero attached hydrogens (tertiary/aromatic N) is 5. The van der Waals surface area contributed by atoms with E-state index in [2.05, 4.69) is 15.2 Å². The Kier molecular flexibility index (Phi) is 8.09. The van der Waals surface area contributed by atoms with Gasteiger partial charge in [-0.15, -0.1) is 5.10 Å². The van der Waals surface area contributed by atoms with Crippen molar-refractivity contribution >= 4 is 39.9 Å². The van der Waals surface area contributed by atoms with Gasteiger partial charge in [-0.1, -0.05) is 22.5 Å². The zero-order chi connectivity index (χ0) is 30.2. The summed E-state index contributed by atoms with van der Waals surface area (Å²) in [5.74, 6) is -1.53. The molecule has 1 aliphatic heterocycles.